The van der Waals surface area contributed by atoms with E-state index >= 15 is 0 Å². The molecule has 1 aromatic rings. The zero-order valence-electron chi connectivity index (χ0n) is 11.7. The molecule has 0 radical (unpaired) electrons. The smallest absolute Gasteiger partial charge is 0.252 e. The van der Waals surface area contributed by atoms with Crippen LogP contribution >= 0.6 is 15.9 Å². The zero-order valence-corrected chi connectivity index (χ0v) is 13.3. The van der Waals surface area contributed by atoms with E-state index in [2.05, 4.69) is 26.6 Å². The number of carbonyl (C=O) groups excluding carboxylic acids is 2. The summed E-state index contributed by atoms with van der Waals surface area (Å²) >= 11 is 3.14. The lowest BCUT2D eigenvalue weighted by molar-refractivity contribution is -0.122. The summed E-state index contributed by atoms with van der Waals surface area (Å²) in [6.07, 6.45) is 0. The van der Waals surface area contributed by atoms with Crippen LogP contribution in [0.25, 0.3) is 0 Å². The van der Waals surface area contributed by atoms with E-state index < -0.39 is 11.9 Å². The molecule has 1 unspecified atom stereocenters. The third kappa shape index (κ3) is 4.85. The third-order valence-electron chi connectivity index (χ3n) is 2.63. The second-order valence-corrected chi connectivity index (χ2v) is 5.85. The molecular weight excluding hydrogens is 324 g/mol. The number of carbonyl (C=O) groups is 2. The molecule has 0 aromatic heterocycles. The molecule has 0 saturated heterocycles. The fourth-order valence-electron chi connectivity index (χ4n) is 1.46. The summed E-state index contributed by atoms with van der Waals surface area (Å²) in [6.45, 7) is 6.17. The first kappa shape index (κ1) is 16.5. The third-order valence-corrected chi connectivity index (χ3v) is 3.30. The Labute approximate surface area is 126 Å². The van der Waals surface area contributed by atoms with Crippen molar-refractivity contribution in [1.82, 2.24) is 10.6 Å². The van der Waals surface area contributed by atoms with Gasteiger partial charge in [0.1, 0.15) is 11.8 Å². The van der Waals surface area contributed by atoms with E-state index in [9.17, 15) is 14.7 Å². The molecule has 110 valence electrons. The van der Waals surface area contributed by atoms with Gasteiger partial charge in [-0.15, -0.1) is 0 Å². The van der Waals surface area contributed by atoms with Crippen molar-refractivity contribution in [3.05, 3.63) is 28.2 Å². The topological polar surface area (TPSA) is 78.4 Å². The second kappa shape index (κ2) is 7.28. The van der Waals surface area contributed by atoms with Gasteiger partial charge < -0.3 is 15.7 Å². The van der Waals surface area contributed by atoms with Crippen LogP contribution in [0.5, 0.6) is 5.75 Å². The largest absolute Gasteiger partial charge is 0.507 e. The van der Waals surface area contributed by atoms with Crippen LogP contribution < -0.4 is 10.6 Å². The number of benzene rings is 1. The van der Waals surface area contributed by atoms with Crippen molar-refractivity contribution in [3.63, 3.8) is 0 Å². The van der Waals surface area contributed by atoms with Crippen molar-refractivity contribution < 1.29 is 14.7 Å². The Morgan fingerprint density at radius 1 is 1.30 bits per heavy atom. The minimum Gasteiger partial charge on any atom is -0.507 e. The molecule has 2 amide bonds. The van der Waals surface area contributed by atoms with Gasteiger partial charge in [0.15, 0.2) is 0 Å². The van der Waals surface area contributed by atoms with Crippen molar-refractivity contribution in [2.24, 2.45) is 5.92 Å². The average molecular weight is 343 g/mol. The quantitative estimate of drug-likeness (QED) is 0.766. The normalized spacial score (nSPS) is 12.1. The van der Waals surface area contributed by atoms with Gasteiger partial charge in [0.2, 0.25) is 5.91 Å². The van der Waals surface area contributed by atoms with Crippen molar-refractivity contribution in [2.45, 2.75) is 26.8 Å². The van der Waals surface area contributed by atoms with Gasteiger partial charge >= 0.3 is 0 Å². The Morgan fingerprint density at radius 3 is 2.50 bits per heavy atom. The van der Waals surface area contributed by atoms with Crippen molar-refractivity contribution in [1.29, 1.82) is 0 Å². The highest BCUT2D eigenvalue weighted by molar-refractivity contribution is 9.10. The first-order valence-electron chi connectivity index (χ1n) is 6.38. The lowest BCUT2D eigenvalue weighted by Crippen LogP contribution is -2.45. The molecule has 20 heavy (non-hydrogen) atoms. The van der Waals surface area contributed by atoms with Crippen LogP contribution in [-0.2, 0) is 4.79 Å². The molecule has 0 fully saturated rings. The summed E-state index contributed by atoms with van der Waals surface area (Å²) in [5.41, 5.74) is 0.300. The van der Waals surface area contributed by atoms with Gasteiger partial charge in [0.05, 0.1) is 4.47 Å². The van der Waals surface area contributed by atoms with Crippen molar-refractivity contribution in [3.8, 4) is 5.75 Å². The Balaban J connectivity index is 2.60. The minimum absolute atomic E-state index is 0.0189. The van der Waals surface area contributed by atoms with Crippen LogP contribution in [-0.4, -0.2) is 29.5 Å². The highest BCUT2D eigenvalue weighted by Crippen LogP contribution is 2.24. The zero-order chi connectivity index (χ0) is 15.3. The van der Waals surface area contributed by atoms with E-state index in [1.54, 1.807) is 19.1 Å². The lowest BCUT2D eigenvalue weighted by Gasteiger charge is -2.15. The summed E-state index contributed by atoms with van der Waals surface area (Å²) in [4.78, 5) is 23.7. The number of hydrogen-bond donors (Lipinski definition) is 3. The molecule has 1 rings (SSSR count). The second-order valence-electron chi connectivity index (χ2n) is 5.00. The SMILES string of the molecule is CC(C)CNC(=O)C(C)NC(=O)c1ccc(Br)c(O)c1. The number of nitrogens with one attached hydrogen (secondary N) is 2. The summed E-state index contributed by atoms with van der Waals surface area (Å²) < 4.78 is 0.511. The fraction of sp³-hybridized carbons (Fsp3) is 0.429. The summed E-state index contributed by atoms with van der Waals surface area (Å²) in [5.74, 6) is -0.298. The number of phenolic OH excluding ortho intramolecular Hbond substituents is 1. The molecule has 0 bridgehead atoms. The number of aromatic hydroxyl groups is 1. The Kier molecular flexibility index (Phi) is 6.01. The van der Waals surface area contributed by atoms with Crippen LogP contribution in [0.15, 0.2) is 22.7 Å². The van der Waals surface area contributed by atoms with Crippen molar-refractivity contribution >= 4 is 27.7 Å². The number of rotatable bonds is 5. The Bertz CT molecular complexity index is 503. The lowest BCUT2D eigenvalue weighted by atomic mass is 10.2. The number of amides is 2. The van der Waals surface area contributed by atoms with Crippen LogP contribution in [0, 0.1) is 5.92 Å². The first-order valence-corrected chi connectivity index (χ1v) is 7.17. The van der Waals surface area contributed by atoms with Gasteiger partial charge in [-0.1, -0.05) is 13.8 Å². The van der Waals surface area contributed by atoms with Gasteiger partial charge in [0.25, 0.3) is 5.91 Å². The summed E-state index contributed by atoms with van der Waals surface area (Å²) in [5, 5.41) is 14.9. The van der Waals surface area contributed by atoms with E-state index in [0.29, 0.717) is 22.5 Å². The van der Waals surface area contributed by atoms with Gasteiger partial charge in [-0.25, -0.2) is 0 Å². The molecule has 0 aliphatic heterocycles. The average Bonchev–Trinajstić information content (AvgIpc) is 2.38. The summed E-state index contributed by atoms with van der Waals surface area (Å²) in [7, 11) is 0. The molecule has 0 aliphatic carbocycles. The van der Waals surface area contributed by atoms with Gasteiger partial charge in [-0.3, -0.25) is 9.59 Å². The van der Waals surface area contributed by atoms with Gasteiger partial charge in [0, 0.05) is 12.1 Å². The predicted molar refractivity (Wildman–Crippen MR) is 80.6 cm³/mol. The molecule has 6 heteroatoms. The van der Waals surface area contributed by atoms with E-state index in [4.69, 9.17) is 0 Å². The highest BCUT2D eigenvalue weighted by atomic mass is 79.9. The predicted octanol–water partition coefficient (Wildman–Crippen LogP) is 2.05. The number of halogens is 1. The maximum atomic E-state index is 11.9. The van der Waals surface area contributed by atoms with Crippen molar-refractivity contribution in [2.75, 3.05) is 6.54 Å². The molecule has 0 spiro atoms. The van der Waals surface area contributed by atoms with Crippen LogP contribution in [0.2, 0.25) is 0 Å². The molecule has 1 aromatic carbocycles. The molecular formula is C14H19BrN2O3. The monoisotopic (exact) mass is 342 g/mol. The molecule has 5 nitrogen and oxygen atoms in total. The summed E-state index contributed by atoms with van der Waals surface area (Å²) in [6, 6.07) is 3.86. The maximum absolute atomic E-state index is 11.9. The van der Waals surface area contributed by atoms with Crippen LogP contribution in [0.4, 0.5) is 0 Å². The molecule has 0 heterocycles. The Hall–Kier alpha value is -1.56. The Morgan fingerprint density at radius 2 is 1.95 bits per heavy atom. The highest BCUT2D eigenvalue weighted by Gasteiger charge is 2.17. The maximum Gasteiger partial charge on any atom is 0.252 e. The molecule has 3 N–H and O–H groups in total. The molecule has 1 atom stereocenters. The molecule has 0 aliphatic rings. The standard InChI is InChI=1S/C14H19BrN2O3/c1-8(2)7-16-13(19)9(3)17-14(20)10-4-5-11(15)12(18)6-10/h4-6,8-9,18H,7H2,1-3H3,(H,16,19)(H,17,20). The molecule has 0 saturated carbocycles. The van der Waals surface area contributed by atoms with Gasteiger partial charge in [-0.2, -0.15) is 0 Å². The fourth-order valence-corrected chi connectivity index (χ4v) is 1.70. The van der Waals surface area contributed by atoms with E-state index in [1.807, 2.05) is 13.8 Å². The van der Waals surface area contributed by atoms with E-state index in [-0.39, 0.29) is 11.7 Å². The number of hydrogen-bond acceptors (Lipinski definition) is 3. The number of phenols is 1. The van der Waals surface area contributed by atoms with Crippen LogP contribution in [0.1, 0.15) is 31.1 Å². The van der Waals surface area contributed by atoms with Crippen LogP contribution in [0.3, 0.4) is 0 Å². The first-order chi connectivity index (χ1) is 9.31. The van der Waals surface area contributed by atoms with E-state index in [1.165, 1.54) is 6.07 Å². The van der Waals surface area contributed by atoms with E-state index in [0.717, 1.165) is 0 Å². The minimum atomic E-state index is -0.632. The van der Waals surface area contributed by atoms with Gasteiger partial charge in [-0.05, 0) is 47.0 Å².